The van der Waals surface area contributed by atoms with E-state index in [-0.39, 0.29) is 28.5 Å². The van der Waals surface area contributed by atoms with E-state index >= 15 is 0 Å². The molecule has 4 nitrogen and oxygen atoms in total. The summed E-state index contributed by atoms with van der Waals surface area (Å²) in [5, 5.41) is 10.2. The number of aromatic nitrogens is 1. The largest absolute Gasteiger partial charge is 0.477 e. The number of halogens is 3. The number of benzene rings is 2. The van der Waals surface area contributed by atoms with Crippen molar-refractivity contribution in [1.82, 2.24) is 4.57 Å². The van der Waals surface area contributed by atoms with Crippen LogP contribution in [0.3, 0.4) is 0 Å². The first-order valence-electron chi connectivity index (χ1n) is 8.93. The molecule has 1 heterocycles. The summed E-state index contributed by atoms with van der Waals surface area (Å²) in [6, 6.07) is 10.8. The second kappa shape index (κ2) is 8.39. The molecule has 29 heavy (non-hydrogen) atoms. The normalized spacial score (nSPS) is 10.9. The molecular weight excluding hydrogens is 416 g/mol. The summed E-state index contributed by atoms with van der Waals surface area (Å²) in [5.41, 5.74) is 1.36. The van der Waals surface area contributed by atoms with Crippen LogP contribution in [0, 0.1) is 12.7 Å². The highest BCUT2D eigenvalue weighted by molar-refractivity contribution is 6.42. The Morgan fingerprint density at radius 2 is 1.83 bits per heavy atom. The van der Waals surface area contributed by atoms with Crippen LogP contribution in [0.2, 0.25) is 10.0 Å². The van der Waals surface area contributed by atoms with Gasteiger partial charge in [-0.1, -0.05) is 41.4 Å². The number of carboxylic acids is 1. The van der Waals surface area contributed by atoms with Crippen molar-refractivity contribution in [2.45, 2.75) is 26.8 Å². The summed E-state index contributed by atoms with van der Waals surface area (Å²) in [6.45, 7) is 3.99. The van der Waals surface area contributed by atoms with Crippen molar-refractivity contribution in [3.8, 4) is 11.3 Å². The SMILES string of the molecule is CCn1c(Cc2ccc(C)cc2F)cc(=O)c(C(=O)O)c1-c1ccc(Cl)c(Cl)c1. The third-order valence-corrected chi connectivity index (χ3v) is 5.44. The number of aromatic carboxylic acids is 1. The van der Waals surface area contributed by atoms with Crippen LogP contribution in [0.5, 0.6) is 0 Å². The van der Waals surface area contributed by atoms with Crippen molar-refractivity contribution in [2.75, 3.05) is 0 Å². The fourth-order valence-electron chi connectivity index (χ4n) is 3.35. The van der Waals surface area contributed by atoms with Crippen molar-refractivity contribution in [1.29, 1.82) is 0 Å². The molecule has 0 aliphatic rings. The van der Waals surface area contributed by atoms with E-state index in [0.29, 0.717) is 28.4 Å². The molecule has 1 aromatic heterocycles. The summed E-state index contributed by atoms with van der Waals surface area (Å²) < 4.78 is 16.1. The number of nitrogens with zero attached hydrogens (tertiary/aromatic N) is 1. The average Bonchev–Trinajstić information content (AvgIpc) is 2.65. The summed E-state index contributed by atoms with van der Waals surface area (Å²) in [4.78, 5) is 24.5. The predicted octanol–water partition coefficient (Wildman–Crippen LogP) is 5.58. The van der Waals surface area contributed by atoms with Gasteiger partial charge < -0.3 is 9.67 Å². The van der Waals surface area contributed by atoms with Crippen LogP contribution in [0.15, 0.2) is 47.3 Å². The molecule has 2 aromatic carbocycles. The zero-order chi connectivity index (χ0) is 21.3. The smallest absolute Gasteiger partial charge is 0.341 e. The maximum Gasteiger partial charge on any atom is 0.341 e. The highest BCUT2D eigenvalue weighted by Crippen LogP contribution is 2.31. The molecule has 3 rings (SSSR count). The minimum Gasteiger partial charge on any atom is -0.477 e. The van der Waals surface area contributed by atoms with Crippen LogP contribution >= 0.6 is 23.2 Å². The monoisotopic (exact) mass is 433 g/mol. The van der Waals surface area contributed by atoms with Gasteiger partial charge in [0, 0.05) is 30.3 Å². The lowest BCUT2D eigenvalue weighted by molar-refractivity contribution is 0.0695. The van der Waals surface area contributed by atoms with Gasteiger partial charge in [0.05, 0.1) is 15.7 Å². The zero-order valence-electron chi connectivity index (χ0n) is 15.8. The molecule has 0 saturated heterocycles. The van der Waals surface area contributed by atoms with Gasteiger partial charge in [-0.2, -0.15) is 0 Å². The number of carbonyl (C=O) groups is 1. The summed E-state index contributed by atoms with van der Waals surface area (Å²) in [6.07, 6.45) is 0.142. The van der Waals surface area contributed by atoms with Crippen molar-refractivity contribution < 1.29 is 14.3 Å². The van der Waals surface area contributed by atoms with E-state index in [2.05, 4.69) is 0 Å². The predicted molar refractivity (Wildman–Crippen MR) is 113 cm³/mol. The van der Waals surface area contributed by atoms with E-state index in [1.165, 1.54) is 18.2 Å². The molecular formula is C22H18Cl2FNO3. The van der Waals surface area contributed by atoms with Gasteiger partial charge in [0.25, 0.3) is 0 Å². The highest BCUT2D eigenvalue weighted by Gasteiger charge is 2.22. The molecule has 0 saturated carbocycles. The van der Waals surface area contributed by atoms with Gasteiger partial charge in [-0.15, -0.1) is 0 Å². The van der Waals surface area contributed by atoms with E-state index in [9.17, 15) is 19.1 Å². The lowest BCUT2D eigenvalue weighted by atomic mass is 10.0. The Morgan fingerprint density at radius 3 is 2.41 bits per heavy atom. The van der Waals surface area contributed by atoms with Crippen LogP contribution < -0.4 is 5.43 Å². The number of pyridine rings is 1. The fourth-order valence-corrected chi connectivity index (χ4v) is 3.64. The molecule has 0 aliphatic carbocycles. The van der Waals surface area contributed by atoms with E-state index in [0.717, 1.165) is 5.56 Å². The van der Waals surface area contributed by atoms with Crippen LogP contribution in [0.25, 0.3) is 11.3 Å². The van der Waals surface area contributed by atoms with Gasteiger partial charge in [0.15, 0.2) is 5.43 Å². The molecule has 0 fully saturated rings. The Hall–Kier alpha value is -2.63. The maximum atomic E-state index is 14.4. The number of aryl methyl sites for hydroxylation is 1. The molecule has 0 radical (unpaired) electrons. The van der Waals surface area contributed by atoms with Gasteiger partial charge in [0.1, 0.15) is 11.4 Å². The molecule has 7 heteroatoms. The standard InChI is InChI=1S/C22H18Cl2FNO3/c1-3-26-15(9-13-5-4-12(2)8-18(13)25)11-19(27)20(22(28)29)21(26)14-6-7-16(23)17(24)10-14/h4-8,10-11H,3,9H2,1-2H3,(H,28,29). The lowest BCUT2D eigenvalue weighted by Gasteiger charge is -2.20. The van der Waals surface area contributed by atoms with Gasteiger partial charge in [-0.05, 0) is 43.2 Å². The van der Waals surface area contributed by atoms with E-state index in [4.69, 9.17) is 23.2 Å². The van der Waals surface area contributed by atoms with Gasteiger partial charge in [-0.25, -0.2) is 9.18 Å². The molecule has 0 aliphatic heterocycles. The first kappa shape index (κ1) is 21.1. The molecule has 0 unspecified atom stereocenters. The van der Waals surface area contributed by atoms with E-state index < -0.39 is 11.4 Å². The zero-order valence-corrected chi connectivity index (χ0v) is 17.3. The van der Waals surface area contributed by atoms with Crippen LogP contribution in [0.4, 0.5) is 4.39 Å². The fraction of sp³-hybridized carbons (Fsp3) is 0.182. The Morgan fingerprint density at radius 1 is 1.10 bits per heavy atom. The number of rotatable bonds is 5. The van der Waals surface area contributed by atoms with Crippen molar-refractivity contribution >= 4 is 29.2 Å². The topological polar surface area (TPSA) is 59.3 Å². The number of hydrogen-bond donors (Lipinski definition) is 1. The highest BCUT2D eigenvalue weighted by atomic mass is 35.5. The summed E-state index contributed by atoms with van der Waals surface area (Å²) >= 11 is 12.1. The molecule has 0 bridgehead atoms. The first-order chi connectivity index (χ1) is 13.7. The van der Waals surface area contributed by atoms with Gasteiger partial charge >= 0.3 is 5.97 Å². The summed E-state index contributed by atoms with van der Waals surface area (Å²) in [7, 11) is 0. The van der Waals surface area contributed by atoms with Gasteiger partial charge in [-0.3, -0.25) is 4.79 Å². The van der Waals surface area contributed by atoms with Gasteiger partial charge in [0.2, 0.25) is 0 Å². The van der Waals surface area contributed by atoms with Crippen LogP contribution in [0.1, 0.15) is 34.1 Å². The Kier molecular flexibility index (Phi) is 6.10. The lowest BCUT2D eigenvalue weighted by Crippen LogP contribution is -2.23. The Balaban J connectivity index is 2.28. The van der Waals surface area contributed by atoms with Crippen LogP contribution in [-0.4, -0.2) is 15.6 Å². The average molecular weight is 434 g/mol. The second-order valence-corrected chi connectivity index (χ2v) is 7.49. The quantitative estimate of drug-likeness (QED) is 0.571. The molecule has 0 spiro atoms. The number of hydrogen-bond acceptors (Lipinski definition) is 2. The third-order valence-electron chi connectivity index (χ3n) is 4.70. The third kappa shape index (κ3) is 4.21. The minimum absolute atomic E-state index is 0.142. The molecule has 1 N–H and O–H groups in total. The number of carboxylic acid groups (broad SMARTS) is 1. The first-order valence-corrected chi connectivity index (χ1v) is 9.69. The molecule has 0 atom stereocenters. The second-order valence-electron chi connectivity index (χ2n) is 6.67. The molecule has 150 valence electrons. The van der Waals surface area contributed by atoms with E-state index in [1.807, 2.05) is 6.92 Å². The van der Waals surface area contributed by atoms with Crippen molar-refractivity contribution in [2.24, 2.45) is 0 Å². The van der Waals surface area contributed by atoms with Crippen LogP contribution in [-0.2, 0) is 13.0 Å². The van der Waals surface area contributed by atoms with Crippen molar-refractivity contribution in [3.05, 3.63) is 90.9 Å². The van der Waals surface area contributed by atoms with E-state index in [1.54, 1.807) is 35.8 Å². The Bertz CT molecular complexity index is 1170. The maximum absolute atomic E-state index is 14.4. The minimum atomic E-state index is -1.34. The van der Waals surface area contributed by atoms with Crippen molar-refractivity contribution in [3.63, 3.8) is 0 Å². The Labute approximate surface area is 177 Å². The summed E-state index contributed by atoms with van der Waals surface area (Å²) in [5.74, 6) is -1.72. The molecule has 3 aromatic rings. The molecule has 0 amide bonds.